The van der Waals surface area contributed by atoms with Crippen molar-refractivity contribution < 1.29 is 9.53 Å². The minimum absolute atomic E-state index is 0.119. The van der Waals surface area contributed by atoms with Gasteiger partial charge in [0.05, 0.1) is 13.2 Å². The van der Waals surface area contributed by atoms with Crippen LogP contribution in [-0.2, 0) is 17.8 Å². The van der Waals surface area contributed by atoms with Gasteiger partial charge in [0, 0.05) is 32.2 Å². The molecule has 1 heterocycles. The highest BCUT2D eigenvalue weighted by Gasteiger charge is 2.13. The highest BCUT2D eigenvalue weighted by atomic mass is 16.5. The van der Waals surface area contributed by atoms with Gasteiger partial charge in [0.1, 0.15) is 0 Å². The van der Waals surface area contributed by atoms with E-state index in [4.69, 9.17) is 4.74 Å². The summed E-state index contributed by atoms with van der Waals surface area (Å²) in [6, 6.07) is 8.30. The van der Waals surface area contributed by atoms with Crippen LogP contribution in [0.5, 0.6) is 0 Å². The van der Waals surface area contributed by atoms with Gasteiger partial charge in [0.15, 0.2) is 0 Å². The first-order chi connectivity index (χ1) is 10.1. The van der Waals surface area contributed by atoms with Gasteiger partial charge in [-0.3, -0.25) is 4.90 Å². The Morgan fingerprint density at radius 2 is 1.90 bits per heavy atom. The van der Waals surface area contributed by atoms with Gasteiger partial charge in [-0.2, -0.15) is 0 Å². The van der Waals surface area contributed by atoms with E-state index in [0.29, 0.717) is 6.54 Å². The van der Waals surface area contributed by atoms with E-state index in [-0.39, 0.29) is 12.1 Å². The fourth-order valence-corrected chi connectivity index (χ4v) is 2.37. The summed E-state index contributed by atoms with van der Waals surface area (Å²) in [7, 11) is 0. The van der Waals surface area contributed by atoms with Gasteiger partial charge in [-0.25, -0.2) is 4.79 Å². The lowest BCUT2D eigenvalue weighted by Gasteiger charge is -2.27. The molecule has 0 aromatic heterocycles. The second kappa shape index (κ2) is 8.00. The summed E-state index contributed by atoms with van der Waals surface area (Å²) in [5.41, 5.74) is 2.44. The molecule has 0 unspecified atom stereocenters. The van der Waals surface area contributed by atoms with Crippen LogP contribution in [-0.4, -0.2) is 43.3 Å². The highest BCUT2D eigenvalue weighted by Crippen LogP contribution is 2.12. The number of hydrogen-bond donors (Lipinski definition) is 2. The van der Waals surface area contributed by atoms with E-state index in [1.807, 2.05) is 26.0 Å². The lowest BCUT2D eigenvalue weighted by molar-refractivity contribution is 0.0341. The van der Waals surface area contributed by atoms with Crippen LogP contribution < -0.4 is 10.6 Å². The standard InChI is InChI=1S/C16H25N3O2/c1-13(2)18-16(20)17-11-14-5-3-4-6-15(14)12-19-7-9-21-10-8-19/h3-6,13H,7-12H2,1-2H3,(H2,17,18,20). The predicted molar refractivity (Wildman–Crippen MR) is 83.0 cm³/mol. The molecule has 116 valence electrons. The molecule has 1 aliphatic heterocycles. The van der Waals surface area contributed by atoms with Gasteiger partial charge in [-0.05, 0) is 25.0 Å². The van der Waals surface area contributed by atoms with Crippen molar-refractivity contribution in [1.82, 2.24) is 15.5 Å². The van der Waals surface area contributed by atoms with Gasteiger partial charge in [-0.15, -0.1) is 0 Å². The predicted octanol–water partition coefficient (Wildman–Crippen LogP) is 1.73. The molecule has 0 bridgehead atoms. The molecule has 0 aliphatic carbocycles. The second-order valence-electron chi connectivity index (χ2n) is 5.64. The number of urea groups is 1. The van der Waals surface area contributed by atoms with Crippen molar-refractivity contribution in [3.8, 4) is 0 Å². The summed E-state index contributed by atoms with van der Waals surface area (Å²) in [6.07, 6.45) is 0. The van der Waals surface area contributed by atoms with Crippen molar-refractivity contribution in [2.24, 2.45) is 0 Å². The zero-order chi connectivity index (χ0) is 15.1. The van der Waals surface area contributed by atoms with Crippen molar-refractivity contribution in [1.29, 1.82) is 0 Å². The zero-order valence-corrected chi connectivity index (χ0v) is 12.9. The molecular weight excluding hydrogens is 266 g/mol. The third kappa shape index (κ3) is 5.36. The van der Waals surface area contributed by atoms with Gasteiger partial charge in [-0.1, -0.05) is 24.3 Å². The Bertz CT molecular complexity index is 457. The number of nitrogens with one attached hydrogen (secondary N) is 2. The SMILES string of the molecule is CC(C)NC(=O)NCc1ccccc1CN1CCOCC1. The Morgan fingerprint density at radius 1 is 1.24 bits per heavy atom. The number of carbonyl (C=O) groups excluding carboxylic acids is 1. The van der Waals surface area contributed by atoms with Crippen LogP contribution in [0.4, 0.5) is 4.79 Å². The summed E-state index contributed by atoms with van der Waals surface area (Å²) < 4.78 is 5.38. The molecule has 5 nitrogen and oxygen atoms in total. The molecular formula is C16H25N3O2. The molecule has 2 amide bonds. The number of benzene rings is 1. The lowest BCUT2D eigenvalue weighted by atomic mass is 10.1. The third-order valence-corrected chi connectivity index (χ3v) is 3.48. The van der Waals surface area contributed by atoms with Gasteiger partial charge < -0.3 is 15.4 Å². The molecule has 1 fully saturated rings. The van der Waals surface area contributed by atoms with Gasteiger partial charge in [0.2, 0.25) is 0 Å². The molecule has 5 heteroatoms. The topological polar surface area (TPSA) is 53.6 Å². The number of nitrogens with zero attached hydrogens (tertiary/aromatic N) is 1. The summed E-state index contributed by atoms with van der Waals surface area (Å²) >= 11 is 0. The summed E-state index contributed by atoms with van der Waals surface area (Å²) in [4.78, 5) is 14.1. The number of hydrogen-bond acceptors (Lipinski definition) is 3. The van der Waals surface area contributed by atoms with Crippen LogP contribution >= 0.6 is 0 Å². The molecule has 1 aromatic rings. The quantitative estimate of drug-likeness (QED) is 0.868. The first kappa shape index (κ1) is 15.8. The molecule has 1 aromatic carbocycles. The maximum absolute atomic E-state index is 11.7. The van der Waals surface area contributed by atoms with Gasteiger partial charge >= 0.3 is 6.03 Å². The molecule has 0 saturated carbocycles. The number of amides is 2. The monoisotopic (exact) mass is 291 g/mol. The Morgan fingerprint density at radius 3 is 2.57 bits per heavy atom. The number of morpholine rings is 1. The third-order valence-electron chi connectivity index (χ3n) is 3.48. The molecule has 2 rings (SSSR count). The molecule has 0 radical (unpaired) electrons. The highest BCUT2D eigenvalue weighted by molar-refractivity contribution is 5.74. The van der Waals surface area contributed by atoms with E-state index in [2.05, 4.69) is 27.7 Å². The average Bonchev–Trinajstić information content (AvgIpc) is 2.47. The Balaban J connectivity index is 1.91. The number of carbonyl (C=O) groups is 1. The lowest BCUT2D eigenvalue weighted by Crippen LogP contribution is -2.39. The van der Waals surface area contributed by atoms with Crippen LogP contribution in [0.25, 0.3) is 0 Å². The summed E-state index contributed by atoms with van der Waals surface area (Å²) in [5, 5.41) is 5.75. The van der Waals surface area contributed by atoms with E-state index in [0.717, 1.165) is 32.8 Å². The molecule has 21 heavy (non-hydrogen) atoms. The average molecular weight is 291 g/mol. The van der Waals surface area contributed by atoms with Crippen molar-refractivity contribution in [2.75, 3.05) is 26.3 Å². The summed E-state index contributed by atoms with van der Waals surface area (Å²) in [5.74, 6) is 0. The van der Waals surface area contributed by atoms with Gasteiger partial charge in [0.25, 0.3) is 0 Å². The van der Waals surface area contributed by atoms with Crippen molar-refractivity contribution >= 4 is 6.03 Å². The van der Waals surface area contributed by atoms with E-state index in [9.17, 15) is 4.79 Å². The van der Waals surface area contributed by atoms with E-state index >= 15 is 0 Å². The Kier molecular flexibility index (Phi) is 6.02. The van der Waals surface area contributed by atoms with E-state index in [1.165, 1.54) is 11.1 Å². The van der Waals surface area contributed by atoms with Crippen molar-refractivity contribution in [2.45, 2.75) is 33.0 Å². The van der Waals surface area contributed by atoms with Crippen molar-refractivity contribution in [3.05, 3.63) is 35.4 Å². The van der Waals surface area contributed by atoms with Crippen LogP contribution in [0.15, 0.2) is 24.3 Å². The molecule has 0 atom stereocenters. The van der Waals surface area contributed by atoms with Crippen LogP contribution in [0.2, 0.25) is 0 Å². The second-order valence-corrected chi connectivity index (χ2v) is 5.64. The Hall–Kier alpha value is -1.59. The summed E-state index contributed by atoms with van der Waals surface area (Å²) in [6.45, 7) is 8.91. The first-order valence-corrected chi connectivity index (χ1v) is 7.56. The molecule has 1 aliphatic rings. The molecule has 0 spiro atoms. The number of rotatable bonds is 5. The number of ether oxygens (including phenoxy) is 1. The van der Waals surface area contributed by atoms with Crippen LogP contribution in [0.3, 0.4) is 0 Å². The van der Waals surface area contributed by atoms with Crippen molar-refractivity contribution in [3.63, 3.8) is 0 Å². The van der Waals surface area contributed by atoms with Crippen LogP contribution in [0.1, 0.15) is 25.0 Å². The molecule has 1 saturated heterocycles. The molecule has 2 N–H and O–H groups in total. The maximum Gasteiger partial charge on any atom is 0.315 e. The smallest absolute Gasteiger partial charge is 0.315 e. The zero-order valence-electron chi connectivity index (χ0n) is 12.9. The van der Waals surface area contributed by atoms with E-state index in [1.54, 1.807) is 0 Å². The normalized spacial score (nSPS) is 16.0. The Labute approximate surface area is 126 Å². The largest absolute Gasteiger partial charge is 0.379 e. The minimum atomic E-state index is -0.119. The minimum Gasteiger partial charge on any atom is -0.379 e. The fourth-order valence-electron chi connectivity index (χ4n) is 2.37. The maximum atomic E-state index is 11.7. The fraction of sp³-hybridized carbons (Fsp3) is 0.562. The first-order valence-electron chi connectivity index (χ1n) is 7.56. The van der Waals surface area contributed by atoms with Crippen LogP contribution in [0, 0.1) is 0 Å². The van der Waals surface area contributed by atoms with E-state index < -0.39 is 0 Å².